The first-order valence-corrected chi connectivity index (χ1v) is 10.6. The van der Waals surface area contributed by atoms with Crippen molar-refractivity contribution in [3.63, 3.8) is 0 Å². The third-order valence-electron chi connectivity index (χ3n) is 5.40. The molecule has 7 nitrogen and oxygen atoms in total. The molecule has 4 rings (SSSR count). The highest BCUT2D eigenvalue weighted by Crippen LogP contribution is 2.20. The summed E-state index contributed by atoms with van der Waals surface area (Å²) in [7, 11) is 1.60. The van der Waals surface area contributed by atoms with Crippen LogP contribution in [0.3, 0.4) is 0 Å². The fraction of sp³-hybridized carbons (Fsp3) is 0.435. The molecule has 0 radical (unpaired) electrons. The van der Waals surface area contributed by atoms with Gasteiger partial charge in [0.2, 0.25) is 0 Å². The Kier molecular flexibility index (Phi) is 6.71. The molecule has 0 saturated carbocycles. The molecule has 0 amide bonds. The van der Waals surface area contributed by atoms with Gasteiger partial charge in [-0.3, -0.25) is 9.78 Å². The Balaban J connectivity index is 1.39. The van der Waals surface area contributed by atoms with Gasteiger partial charge in [-0.1, -0.05) is 6.42 Å². The summed E-state index contributed by atoms with van der Waals surface area (Å²) in [6, 6.07) is 9.38. The lowest BCUT2D eigenvalue weighted by Gasteiger charge is -2.26. The molecular weight excluding hydrogens is 380 g/mol. The molecule has 0 aliphatic carbocycles. The highest BCUT2D eigenvalue weighted by molar-refractivity contribution is 5.79. The molecule has 158 valence electrons. The van der Waals surface area contributed by atoms with Crippen molar-refractivity contribution in [1.29, 1.82) is 0 Å². The van der Waals surface area contributed by atoms with Gasteiger partial charge in [-0.25, -0.2) is 4.98 Å². The predicted molar refractivity (Wildman–Crippen MR) is 117 cm³/mol. The van der Waals surface area contributed by atoms with Crippen molar-refractivity contribution >= 4 is 10.9 Å². The zero-order valence-electron chi connectivity index (χ0n) is 17.4. The van der Waals surface area contributed by atoms with E-state index in [9.17, 15) is 4.79 Å². The second-order valence-corrected chi connectivity index (χ2v) is 7.67. The second-order valence-electron chi connectivity index (χ2n) is 7.67. The minimum atomic E-state index is -0.187. The van der Waals surface area contributed by atoms with Crippen LogP contribution < -0.4 is 10.3 Å². The van der Waals surface area contributed by atoms with Crippen LogP contribution in [0.4, 0.5) is 0 Å². The van der Waals surface area contributed by atoms with Crippen molar-refractivity contribution in [2.45, 2.75) is 32.3 Å². The van der Waals surface area contributed by atoms with Crippen LogP contribution in [0.2, 0.25) is 0 Å². The Hall–Kier alpha value is -2.77. The highest BCUT2D eigenvalue weighted by atomic mass is 16.5. The Morgan fingerprint density at radius 1 is 1.13 bits per heavy atom. The van der Waals surface area contributed by atoms with Gasteiger partial charge in [-0.05, 0) is 62.7 Å². The lowest BCUT2D eigenvalue weighted by molar-refractivity contribution is 0.181. The normalized spacial score (nSPS) is 14.8. The molecule has 3 aromatic rings. The van der Waals surface area contributed by atoms with Crippen LogP contribution >= 0.6 is 0 Å². The Morgan fingerprint density at radius 2 is 1.93 bits per heavy atom. The number of methoxy groups -OCH3 is 1. The molecule has 30 heavy (non-hydrogen) atoms. The fourth-order valence-electron chi connectivity index (χ4n) is 3.82. The number of hydrogen-bond donors (Lipinski definition) is 1. The quantitative estimate of drug-likeness (QED) is 0.576. The summed E-state index contributed by atoms with van der Waals surface area (Å²) in [4.78, 5) is 26.7. The SMILES string of the molecule is COCc1cc2c(=O)[nH]c(-c3ccc(OCCCN4CCCCC4)cc3)nc2cn1. The van der Waals surface area contributed by atoms with Crippen LogP contribution in [0, 0.1) is 0 Å². The van der Waals surface area contributed by atoms with Crippen LogP contribution in [-0.2, 0) is 11.3 Å². The van der Waals surface area contributed by atoms with Crippen molar-refractivity contribution in [3.8, 4) is 17.1 Å². The zero-order chi connectivity index (χ0) is 20.8. The Morgan fingerprint density at radius 3 is 2.70 bits per heavy atom. The fourth-order valence-corrected chi connectivity index (χ4v) is 3.82. The smallest absolute Gasteiger partial charge is 0.259 e. The van der Waals surface area contributed by atoms with Crippen molar-refractivity contribution in [2.24, 2.45) is 0 Å². The predicted octanol–water partition coefficient (Wildman–Crippen LogP) is 3.39. The molecule has 0 spiro atoms. The molecule has 1 aliphatic rings. The van der Waals surface area contributed by atoms with E-state index in [-0.39, 0.29) is 5.56 Å². The number of nitrogens with one attached hydrogen (secondary N) is 1. The zero-order valence-corrected chi connectivity index (χ0v) is 17.4. The van der Waals surface area contributed by atoms with E-state index < -0.39 is 0 Å². The molecule has 3 heterocycles. The van der Waals surface area contributed by atoms with Crippen LogP contribution in [0.15, 0.2) is 41.3 Å². The third kappa shape index (κ3) is 5.04. The van der Waals surface area contributed by atoms with Crippen LogP contribution in [0.25, 0.3) is 22.3 Å². The van der Waals surface area contributed by atoms with E-state index in [1.807, 2.05) is 24.3 Å². The number of benzene rings is 1. The number of aromatic amines is 1. The molecule has 7 heteroatoms. The summed E-state index contributed by atoms with van der Waals surface area (Å²) < 4.78 is 11.0. The maximum atomic E-state index is 12.5. The lowest BCUT2D eigenvalue weighted by atomic mass is 10.1. The third-order valence-corrected chi connectivity index (χ3v) is 5.40. The molecule has 1 aromatic carbocycles. The van der Waals surface area contributed by atoms with Crippen LogP contribution in [0.1, 0.15) is 31.4 Å². The van der Waals surface area contributed by atoms with Crippen LogP contribution in [0.5, 0.6) is 5.75 Å². The summed E-state index contributed by atoms with van der Waals surface area (Å²) in [5, 5.41) is 0.509. The number of fused-ring (bicyclic) bond motifs is 1. The first-order valence-electron chi connectivity index (χ1n) is 10.6. The number of H-pyrrole nitrogens is 1. The lowest BCUT2D eigenvalue weighted by Crippen LogP contribution is -2.31. The van der Waals surface area contributed by atoms with Gasteiger partial charge in [0.05, 0.1) is 36.0 Å². The van der Waals surface area contributed by atoms with Crippen molar-refractivity contribution in [2.75, 3.05) is 33.4 Å². The van der Waals surface area contributed by atoms with Crippen molar-refractivity contribution in [3.05, 3.63) is 52.6 Å². The summed E-state index contributed by atoms with van der Waals surface area (Å²) in [5.41, 5.74) is 1.90. The number of rotatable bonds is 8. The molecule has 1 N–H and O–H groups in total. The van der Waals surface area contributed by atoms with Gasteiger partial charge >= 0.3 is 0 Å². The summed E-state index contributed by atoms with van der Waals surface area (Å²) in [6.45, 7) is 4.59. The Bertz CT molecular complexity index is 1030. The van der Waals surface area contributed by atoms with Gasteiger partial charge in [0, 0.05) is 19.2 Å². The first-order chi connectivity index (χ1) is 14.7. The molecule has 0 atom stereocenters. The maximum absolute atomic E-state index is 12.5. The standard InChI is InChI=1S/C23H28N4O3/c1-29-16-18-14-20-21(15-24-18)25-22(26-23(20)28)17-6-8-19(9-7-17)30-13-5-12-27-10-3-2-4-11-27/h6-9,14-15H,2-5,10-13,16H2,1H3,(H,25,26,28). The van der Waals surface area contributed by atoms with E-state index in [4.69, 9.17) is 9.47 Å². The van der Waals surface area contributed by atoms with E-state index in [0.29, 0.717) is 35.6 Å². The van der Waals surface area contributed by atoms with Gasteiger partial charge in [0.25, 0.3) is 5.56 Å². The average Bonchev–Trinajstić information content (AvgIpc) is 2.78. The minimum Gasteiger partial charge on any atom is -0.494 e. The van der Waals surface area contributed by atoms with E-state index in [1.54, 1.807) is 19.4 Å². The number of aromatic nitrogens is 3. The summed E-state index contributed by atoms with van der Waals surface area (Å²) in [6.07, 6.45) is 6.64. The number of ether oxygens (including phenoxy) is 2. The Labute approximate surface area is 176 Å². The minimum absolute atomic E-state index is 0.187. The molecule has 0 bridgehead atoms. The molecule has 0 unspecified atom stereocenters. The second kappa shape index (κ2) is 9.82. The molecule has 1 fully saturated rings. The number of nitrogens with zero attached hydrogens (tertiary/aromatic N) is 3. The van der Waals surface area contributed by atoms with E-state index in [2.05, 4.69) is 19.9 Å². The van der Waals surface area contributed by atoms with Crippen molar-refractivity contribution < 1.29 is 9.47 Å². The van der Waals surface area contributed by atoms with Crippen molar-refractivity contribution in [1.82, 2.24) is 19.9 Å². The first kappa shape index (κ1) is 20.5. The number of likely N-dealkylation sites (tertiary alicyclic amines) is 1. The summed E-state index contributed by atoms with van der Waals surface area (Å²) >= 11 is 0. The number of hydrogen-bond acceptors (Lipinski definition) is 6. The van der Waals surface area contributed by atoms with Gasteiger partial charge < -0.3 is 19.4 Å². The van der Waals surface area contributed by atoms with E-state index in [1.165, 1.54) is 32.4 Å². The monoisotopic (exact) mass is 408 g/mol. The average molecular weight is 409 g/mol. The van der Waals surface area contributed by atoms with Crippen LogP contribution in [-0.4, -0.2) is 53.2 Å². The summed E-state index contributed by atoms with van der Waals surface area (Å²) in [5.74, 6) is 1.34. The maximum Gasteiger partial charge on any atom is 0.259 e. The largest absolute Gasteiger partial charge is 0.494 e. The molecule has 1 saturated heterocycles. The van der Waals surface area contributed by atoms with E-state index in [0.717, 1.165) is 24.3 Å². The molecular formula is C23H28N4O3. The topological polar surface area (TPSA) is 80.3 Å². The molecule has 1 aliphatic heterocycles. The van der Waals surface area contributed by atoms with E-state index >= 15 is 0 Å². The van der Waals surface area contributed by atoms with Gasteiger partial charge in [-0.2, -0.15) is 0 Å². The number of piperidine rings is 1. The number of pyridine rings is 1. The van der Waals surface area contributed by atoms with Gasteiger partial charge in [0.1, 0.15) is 11.6 Å². The highest BCUT2D eigenvalue weighted by Gasteiger charge is 2.10. The van der Waals surface area contributed by atoms with Gasteiger partial charge in [-0.15, -0.1) is 0 Å². The molecule has 2 aromatic heterocycles. The van der Waals surface area contributed by atoms with Gasteiger partial charge in [0.15, 0.2) is 0 Å².